The predicted octanol–water partition coefficient (Wildman–Crippen LogP) is 4.02. The highest BCUT2D eigenvalue weighted by atomic mass is 35.5. The van der Waals surface area contributed by atoms with Gasteiger partial charge in [-0.3, -0.25) is 0 Å². The van der Waals surface area contributed by atoms with E-state index in [-0.39, 0.29) is 5.56 Å². The molecule has 1 N–H and O–H groups in total. The van der Waals surface area contributed by atoms with Gasteiger partial charge in [0.05, 0.1) is 12.7 Å². The number of methoxy groups -OCH3 is 1. The van der Waals surface area contributed by atoms with Crippen molar-refractivity contribution < 1.29 is 14.6 Å². The highest BCUT2D eigenvalue weighted by molar-refractivity contribution is 6.31. The number of ether oxygens (including phenoxy) is 1. The van der Waals surface area contributed by atoms with Gasteiger partial charge in [-0.2, -0.15) is 0 Å². The molecule has 0 radical (unpaired) electrons. The van der Waals surface area contributed by atoms with Crippen molar-refractivity contribution >= 4 is 17.6 Å². The molecule has 0 heterocycles. The van der Waals surface area contributed by atoms with E-state index in [2.05, 4.69) is 0 Å². The third-order valence-electron chi connectivity index (χ3n) is 2.94. The third-order valence-corrected chi connectivity index (χ3v) is 3.17. The molecule has 0 fully saturated rings. The number of halogens is 1. The quantitative estimate of drug-likeness (QED) is 0.921. The molecular weight excluding hydrogens is 264 g/mol. The van der Waals surface area contributed by atoms with Gasteiger partial charge in [-0.05, 0) is 53.9 Å². The molecule has 2 aromatic carbocycles. The Kier molecular flexibility index (Phi) is 3.76. The Morgan fingerprint density at radius 2 is 1.89 bits per heavy atom. The first-order chi connectivity index (χ1) is 9.02. The first kappa shape index (κ1) is 13.4. The summed E-state index contributed by atoms with van der Waals surface area (Å²) in [5.41, 5.74) is 2.61. The maximum atomic E-state index is 11.3. The number of carboxylic acids is 1. The molecule has 0 saturated carbocycles. The first-order valence-electron chi connectivity index (χ1n) is 5.71. The van der Waals surface area contributed by atoms with Crippen LogP contribution in [0.5, 0.6) is 5.75 Å². The van der Waals surface area contributed by atoms with E-state index >= 15 is 0 Å². The standard InChI is InChI=1S/C15H13ClO3/c1-9-7-11(19-2)4-6-12(9)14-8-10(16)3-5-13(14)15(17)18/h3-8H,1-2H3,(H,17,18). The van der Waals surface area contributed by atoms with Crippen molar-refractivity contribution in [1.82, 2.24) is 0 Å². The molecule has 19 heavy (non-hydrogen) atoms. The highest BCUT2D eigenvalue weighted by Crippen LogP contribution is 2.31. The highest BCUT2D eigenvalue weighted by Gasteiger charge is 2.14. The number of hydrogen-bond acceptors (Lipinski definition) is 2. The van der Waals surface area contributed by atoms with Crippen molar-refractivity contribution in [3.05, 3.63) is 52.5 Å². The molecule has 3 nitrogen and oxygen atoms in total. The zero-order valence-electron chi connectivity index (χ0n) is 10.6. The summed E-state index contributed by atoms with van der Waals surface area (Å²) in [5, 5.41) is 9.75. The summed E-state index contributed by atoms with van der Waals surface area (Å²) in [5.74, 6) is -0.234. The van der Waals surface area contributed by atoms with Gasteiger partial charge in [0.25, 0.3) is 0 Å². The van der Waals surface area contributed by atoms with Gasteiger partial charge in [0, 0.05) is 5.02 Å². The van der Waals surface area contributed by atoms with Gasteiger partial charge in [-0.15, -0.1) is 0 Å². The maximum absolute atomic E-state index is 11.3. The molecule has 0 aliphatic carbocycles. The van der Waals surface area contributed by atoms with Crippen LogP contribution < -0.4 is 4.74 Å². The van der Waals surface area contributed by atoms with E-state index < -0.39 is 5.97 Å². The Morgan fingerprint density at radius 3 is 2.47 bits per heavy atom. The lowest BCUT2D eigenvalue weighted by Crippen LogP contribution is -2.00. The Balaban J connectivity index is 2.64. The van der Waals surface area contributed by atoms with Gasteiger partial charge in [0.1, 0.15) is 5.75 Å². The monoisotopic (exact) mass is 276 g/mol. The largest absolute Gasteiger partial charge is 0.497 e. The molecule has 0 saturated heterocycles. The van der Waals surface area contributed by atoms with E-state index in [9.17, 15) is 9.90 Å². The SMILES string of the molecule is COc1ccc(-c2cc(Cl)ccc2C(=O)O)c(C)c1. The fourth-order valence-electron chi connectivity index (χ4n) is 1.99. The van der Waals surface area contributed by atoms with Crippen LogP contribution in [0.25, 0.3) is 11.1 Å². The zero-order chi connectivity index (χ0) is 14.0. The number of aryl methyl sites for hydroxylation is 1. The third kappa shape index (κ3) is 2.71. The second-order valence-corrected chi connectivity index (χ2v) is 4.61. The number of rotatable bonds is 3. The van der Waals surface area contributed by atoms with E-state index in [4.69, 9.17) is 16.3 Å². The summed E-state index contributed by atoms with van der Waals surface area (Å²) in [6, 6.07) is 10.3. The fourth-order valence-corrected chi connectivity index (χ4v) is 2.16. The first-order valence-corrected chi connectivity index (χ1v) is 6.08. The second kappa shape index (κ2) is 5.33. The minimum absolute atomic E-state index is 0.234. The van der Waals surface area contributed by atoms with Crippen molar-refractivity contribution in [2.24, 2.45) is 0 Å². The van der Waals surface area contributed by atoms with Crippen LogP contribution in [0.4, 0.5) is 0 Å². The summed E-state index contributed by atoms with van der Waals surface area (Å²) >= 11 is 5.96. The molecule has 0 bridgehead atoms. The Labute approximate surface area is 116 Å². The minimum Gasteiger partial charge on any atom is -0.497 e. The molecule has 0 aliphatic rings. The molecule has 2 rings (SSSR count). The van der Waals surface area contributed by atoms with Crippen LogP contribution in [-0.4, -0.2) is 18.2 Å². The lowest BCUT2D eigenvalue weighted by molar-refractivity contribution is 0.0698. The molecule has 0 spiro atoms. The van der Waals surface area contributed by atoms with Crippen molar-refractivity contribution in [1.29, 1.82) is 0 Å². The lowest BCUT2D eigenvalue weighted by atomic mass is 9.96. The van der Waals surface area contributed by atoms with E-state index in [1.807, 2.05) is 19.1 Å². The van der Waals surface area contributed by atoms with Gasteiger partial charge in [0.15, 0.2) is 0 Å². The Hall–Kier alpha value is -2.00. The van der Waals surface area contributed by atoms with Crippen LogP contribution in [0.1, 0.15) is 15.9 Å². The maximum Gasteiger partial charge on any atom is 0.336 e. The number of hydrogen-bond donors (Lipinski definition) is 1. The Bertz CT molecular complexity index is 635. The fraction of sp³-hybridized carbons (Fsp3) is 0.133. The molecular formula is C15H13ClO3. The van der Waals surface area contributed by atoms with Crippen molar-refractivity contribution in [3.8, 4) is 16.9 Å². The number of aromatic carboxylic acids is 1. The van der Waals surface area contributed by atoms with Gasteiger partial charge in [-0.25, -0.2) is 4.79 Å². The average molecular weight is 277 g/mol. The number of carbonyl (C=O) groups is 1. The van der Waals surface area contributed by atoms with Crippen LogP contribution in [0, 0.1) is 6.92 Å². The van der Waals surface area contributed by atoms with Crippen LogP contribution in [-0.2, 0) is 0 Å². The summed E-state index contributed by atoms with van der Waals surface area (Å²) < 4.78 is 5.14. The van der Waals surface area contributed by atoms with E-state index in [1.165, 1.54) is 6.07 Å². The predicted molar refractivity (Wildman–Crippen MR) is 75.1 cm³/mol. The molecule has 0 atom stereocenters. The topological polar surface area (TPSA) is 46.5 Å². The summed E-state index contributed by atoms with van der Waals surface area (Å²) in [6.07, 6.45) is 0. The number of carboxylic acid groups (broad SMARTS) is 1. The van der Waals surface area contributed by atoms with Crippen LogP contribution in [0.2, 0.25) is 5.02 Å². The zero-order valence-corrected chi connectivity index (χ0v) is 11.4. The van der Waals surface area contributed by atoms with Crippen LogP contribution >= 0.6 is 11.6 Å². The van der Waals surface area contributed by atoms with Crippen LogP contribution in [0.3, 0.4) is 0 Å². The Morgan fingerprint density at radius 1 is 1.16 bits per heavy atom. The molecule has 2 aromatic rings. The van der Waals surface area contributed by atoms with E-state index in [0.717, 1.165) is 16.9 Å². The molecule has 98 valence electrons. The summed E-state index contributed by atoms with van der Waals surface area (Å²) in [6.45, 7) is 1.91. The average Bonchev–Trinajstić information content (AvgIpc) is 2.38. The molecule has 0 aromatic heterocycles. The van der Waals surface area contributed by atoms with Gasteiger partial charge in [-0.1, -0.05) is 17.7 Å². The van der Waals surface area contributed by atoms with Gasteiger partial charge >= 0.3 is 5.97 Å². The smallest absolute Gasteiger partial charge is 0.336 e. The van der Waals surface area contributed by atoms with Crippen molar-refractivity contribution in [2.75, 3.05) is 7.11 Å². The van der Waals surface area contributed by atoms with Crippen LogP contribution in [0.15, 0.2) is 36.4 Å². The van der Waals surface area contributed by atoms with Crippen molar-refractivity contribution in [3.63, 3.8) is 0 Å². The van der Waals surface area contributed by atoms with Crippen molar-refractivity contribution in [2.45, 2.75) is 6.92 Å². The molecule has 0 aliphatic heterocycles. The molecule has 0 unspecified atom stereocenters. The molecule has 4 heteroatoms. The summed E-state index contributed by atoms with van der Waals surface area (Å²) in [7, 11) is 1.59. The van der Waals surface area contributed by atoms with Gasteiger partial charge < -0.3 is 9.84 Å². The second-order valence-electron chi connectivity index (χ2n) is 4.18. The van der Waals surface area contributed by atoms with E-state index in [1.54, 1.807) is 25.3 Å². The number of benzene rings is 2. The molecule has 0 amide bonds. The van der Waals surface area contributed by atoms with E-state index in [0.29, 0.717) is 10.6 Å². The normalized spacial score (nSPS) is 10.3. The van der Waals surface area contributed by atoms with Gasteiger partial charge in [0.2, 0.25) is 0 Å². The summed E-state index contributed by atoms with van der Waals surface area (Å²) in [4.78, 5) is 11.3. The minimum atomic E-state index is -0.970. The lowest BCUT2D eigenvalue weighted by Gasteiger charge is -2.11.